The maximum absolute atomic E-state index is 14.1. The lowest BCUT2D eigenvalue weighted by atomic mass is 10.1. The molecule has 178 valence electrons. The van der Waals surface area contributed by atoms with Crippen LogP contribution in [0.1, 0.15) is 34.6 Å². The zero-order valence-corrected chi connectivity index (χ0v) is 18.9. The molecule has 9 heteroatoms. The van der Waals surface area contributed by atoms with Gasteiger partial charge in [0.25, 0.3) is 11.8 Å². The van der Waals surface area contributed by atoms with E-state index >= 15 is 0 Å². The highest BCUT2D eigenvalue weighted by Crippen LogP contribution is 2.26. The smallest absolute Gasteiger partial charge is 0.259 e. The highest BCUT2D eigenvalue weighted by molar-refractivity contribution is 6.10. The summed E-state index contributed by atoms with van der Waals surface area (Å²) in [5.74, 6) is -2.04. The first-order valence-electron chi connectivity index (χ1n) is 10.5. The number of halogens is 2. The van der Waals surface area contributed by atoms with Gasteiger partial charge in [0.1, 0.15) is 5.75 Å². The number of hydrogen-bond donors (Lipinski definition) is 2. The zero-order chi connectivity index (χ0) is 24.7. The molecule has 2 amide bonds. The molecule has 0 saturated carbocycles. The predicted octanol–water partition coefficient (Wildman–Crippen LogP) is 5.28. The van der Waals surface area contributed by atoms with E-state index in [1.807, 2.05) is 0 Å². The Balaban J connectivity index is 1.79. The van der Waals surface area contributed by atoms with E-state index in [4.69, 9.17) is 14.2 Å². The highest BCUT2D eigenvalue weighted by Gasteiger charge is 2.18. The van der Waals surface area contributed by atoms with E-state index in [1.165, 1.54) is 49.6 Å². The number of methoxy groups -OCH3 is 1. The molecule has 0 bridgehead atoms. The maximum atomic E-state index is 14.1. The molecule has 0 aromatic heterocycles. The van der Waals surface area contributed by atoms with Crippen molar-refractivity contribution in [3.8, 4) is 17.2 Å². The Bertz CT molecular complexity index is 1200. The largest absolute Gasteiger partial charge is 0.496 e. The third-order valence-electron chi connectivity index (χ3n) is 4.69. The van der Waals surface area contributed by atoms with Gasteiger partial charge in [0.05, 0.1) is 25.9 Å². The number of carbonyl (C=O) groups is 2. The lowest BCUT2D eigenvalue weighted by Crippen LogP contribution is -2.17. The third-order valence-corrected chi connectivity index (χ3v) is 4.69. The zero-order valence-electron chi connectivity index (χ0n) is 18.9. The fourth-order valence-corrected chi connectivity index (χ4v) is 3.13. The number of hydrogen-bond acceptors (Lipinski definition) is 5. The fourth-order valence-electron chi connectivity index (χ4n) is 3.13. The molecule has 3 rings (SSSR count). The van der Waals surface area contributed by atoms with Crippen LogP contribution in [0.3, 0.4) is 0 Å². The van der Waals surface area contributed by atoms with Crippen LogP contribution in [0, 0.1) is 11.6 Å². The minimum Gasteiger partial charge on any atom is -0.496 e. The monoisotopic (exact) mass is 470 g/mol. The summed E-state index contributed by atoms with van der Waals surface area (Å²) in [6.45, 7) is 4.08. The number of rotatable bonds is 9. The molecule has 0 aliphatic heterocycles. The molecule has 0 heterocycles. The summed E-state index contributed by atoms with van der Waals surface area (Å²) in [6, 6.07) is 12.3. The number of nitrogens with one attached hydrogen (secondary N) is 2. The van der Waals surface area contributed by atoms with Crippen molar-refractivity contribution < 1.29 is 32.6 Å². The van der Waals surface area contributed by atoms with E-state index in [0.717, 1.165) is 12.1 Å². The van der Waals surface area contributed by atoms with Crippen molar-refractivity contribution in [2.45, 2.75) is 13.8 Å². The molecule has 0 saturated heterocycles. The molecule has 0 fully saturated rings. The molecule has 0 atom stereocenters. The minimum absolute atomic E-state index is 0.0577. The van der Waals surface area contributed by atoms with Gasteiger partial charge in [0.2, 0.25) is 0 Å². The molecular formula is C25H24F2N2O5. The van der Waals surface area contributed by atoms with Gasteiger partial charge in [0, 0.05) is 29.1 Å². The Morgan fingerprint density at radius 1 is 0.735 bits per heavy atom. The van der Waals surface area contributed by atoms with Gasteiger partial charge in [-0.15, -0.1) is 0 Å². The van der Waals surface area contributed by atoms with Crippen LogP contribution in [-0.4, -0.2) is 32.1 Å². The molecular weight excluding hydrogens is 446 g/mol. The summed E-state index contributed by atoms with van der Waals surface area (Å²) in [7, 11) is 1.38. The minimum atomic E-state index is -0.623. The second kappa shape index (κ2) is 11.1. The van der Waals surface area contributed by atoms with Crippen LogP contribution in [0.5, 0.6) is 17.2 Å². The molecule has 0 spiro atoms. The van der Waals surface area contributed by atoms with Crippen molar-refractivity contribution in [3.05, 3.63) is 77.4 Å². The van der Waals surface area contributed by atoms with Crippen LogP contribution in [0.15, 0.2) is 54.6 Å². The molecule has 3 aromatic rings. The Morgan fingerprint density at radius 2 is 1.24 bits per heavy atom. The van der Waals surface area contributed by atoms with Crippen molar-refractivity contribution in [1.29, 1.82) is 0 Å². The quantitative estimate of drug-likeness (QED) is 0.445. The first-order chi connectivity index (χ1) is 16.4. The van der Waals surface area contributed by atoms with Gasteiger partial charge in [-0.2, -0.15) is 0 Å². The summed E-state index contributed by atoms with van der Waals surface area (Å²) < 4.78 is 43.7. The fraction of sp³-hybridized carbons (Fsp3) is 0.200. The Morgan fingerprint density at radius 3 is 1.71 bits per heavy atom. The van der Waals surface area contributed by atoms with Crippen LogP contribution in [0.4, 0.5) is 20.2 Å². The lowest BCUT2D eigenvalue weighted by molar-refractivity contribution is 0.102. The van der Waals surface area contributed by atoms with Gasteiger partial charge in [-0.25, -0.2) is 8.78 Å². The second-order valence-corrected chi connectivity index (χ2v) is 6.98. The van der Waals surface area contributed by atoms with Crippen molar-refractivity contribution in [2.75, 3.05) is 31.0 Å². The lowest BCUT2D eigenvalue weighted by Gasteiger charge is -2.13. The molecule has 2 N–H and O–H groups in total. The van der Waals surface area contributed by atoms with Crippen molar-refractivity contribution in [1.82, 2.24) is 0 Å². The van der Waals surface area contributed by atoms with Gasteiger partial charge in [-0.1, -0.05) is 0 Å². The summed E-state index contributed by atoms with van der Waals surface area (Å²) in [5.41, 5.74) is 0.616. The van der Waals surface area contributed by atoms with Crippen LogP contribution in [-0.2, 0) is 0 Å². The van der Waals surface area contributed by atoms with Crippen LogP contribution < -0.4 is 24.8 Å². The molecule has 0 aliphatic carbocycles. The number of benzene rings is 3. The summed E-state index contributed by atoms with van der Waals surface area (Å²) in [4.78, 5) is 25.6. The summed E-state index contributed by atoms with van der Waals surface area (Å²) in [6.07, 6.45) is 0. The Hall–Kier alpha value is -4.14. The third kappa shape index (κ3) is 5.80. The Labute approximate surface area is 195 Å². The Kier molecular flexibility index (Phi) is 8.02. The van der Waals surface area contributed by atoms with Crippen LogP contribution in [0.2, 0.25) is 0 Å². The highest BCUT2D eigenvalue weighted by atomic mass is 19.1. The second-order valence-electron chi connectivity index (χ2n) is 6.98. The first kappa shape index (κ1) is 24.5. The molecule has 34 heavy (non-hydrogen) atoms. The summed E-state index contributed by atoms with van der Waals surface area (Å²) >= 11 is 0. The molecule has 7 nitrogen and oxygen atoms in total. The van der Waals surface area contributed by atoms with E-state index in [1.54, 1.807) is 13.8 Å². The predicted molar refractivity (Wildman–Crippen MR) is 124 cm³/mol. The van der Waals surface area contributed by atoms with Gasteiger partial charge in [0.15, 0.2) is 23.1 Å². The number of amides is 2. The molecule has 0 unspecified atom stereocenters. The summed E-state index contributed by atoms with van der Waals surface area (Å²) in [5, 5.41) is 5.15. The van der Waals surface area contributed by atoms with Gasteiger partial charge < -0.3 is 24.8 Å². The van der Waals surface area contributed by atoms with Crippen LogP contribution >= 0.6 is 0 Å². The van der Waals surface area contributed by atoms with Gasteiger partial charge >= 0.3 is 0 Å². The molecule has 0 aliphatic rings. The van der Waals surface area contributed by atoms with Gasteiger partial charge in [-0.3, -0.25) is 9.59 Å². The van der Waals surface area contributed by atoms with Crippen molar-refractivity contribution >= 4 is 23.2 Å². The standard InChI is InChI=1S/C25H24F2N2O5/c1-4-33-22-10-7-16(13-19(22)26)28-24(30)15-6-9-21(32-3)18(12-15)25(31)29-17-8-11-23(34-5-2)20(27)14-17/h6-14H,4-5H2,1-3H3,(H,28,30)(H,29,31). The number of anilines is 2. The van der Waals surface area contributed by atoms with Crippen molar-refractivity contribution in [2.24, 2.45) is 0 Å². The van der Waals surface area contributed by atoms with Gasteiger partial charge in [-0.05, 0) is 56.3 Å². The molecule has 3 aromatic carbocycles. The maximum Gasteiger partial charge on any atom is 0.259 e. The van der Waals surface area contributed by atoms with E-state index in [-0.39, 0.29) is 39.8 Å². The number of carbonyl (C=O) groups excluding carboxylic acids is 2. The number of ether oxygens (including phenoxy) is 3. The topological polar surface area (TPSA) is 85.9 Å². The SMILES string of the molecule is CCOc1ccc(NC(=O)c2ccc(OC)c(C(=O)Nc3ccc(OCC)c(F)c3)c2)cc1F. The van der Waals surface area contributed by atoms with E-state index in [9.17, 15) is 18.4 Å². The van der Waals surface area contributed by atoms with E-state index in [0.29, 0.717) is 13.2 Å². The average Bonchev–Trinajstić information content (AvgIpc) is 2.82. The van der Waals surface area contributed by atoms with E-state index < -0.39 is 23.4 Å². The van der Waals surface area contributed by atoms with Crippen LogP contribution in [0.25, 0.3) is 0 Å². The normalized spacial score (nSPS) is 10.4. The van der Waals surface area contributed by atoms with E-state index in [2.05, 4.69) is 10.6 Å². The first-order valence-corrected chi connectivity index (χ1v) is 10.5. The molecule has 0 radical (unpaired) electrons. The average molecular weight is 470 g/mol. The van der Waals surface area contributed by atoms with Crippen molar-refractivity contribution in [3.63, 3.8) is 0 Å².